The highest BCUT2D eigenvalue weighted by Gasteiger charge is 2.16. The van der Waals surface area contributed by atoms with E-state index in [2.05, 4.69) is 28.1 Å². The third-order valence-electron chi connectivity index (χ3n) is 3.61. The Morgan fingerprint density at radius 3 is 2.24 bits per heavy atom. The molecule has 6 heteroatoms. The molecule has 3 amide bonds. The lowest BCUT2D eigenvalue weighted by atomic mass is 10.1. The van der Waals surface area contributed by atoms with Gasteiger partial charge in [0.15, 0.2) is 0 Å². The summed E-state index contributed by atoms with van der Waals surface area (Å²) in [5.74, 6) is -0.762. The van der Waals surface area contributed by atoms with E-state index in [1.807, 2.05) is 32.0 Å². The lowest BCUT2D eigenvalue weighted by Crippen LogP contribution is -2.48. The maximum atomic E-state index is 11.9. The molecule has 138 valence electrons. The van der Waals surface area contributed by atoms with Crippen molar-refractivity contribution in [2.45, 2.75) is 58.5 Å². The van der Waals surface area contributed by atoms with Crippen molar-refractivity contribution in [1.29, 1.82) is 0 Å². The monoisotopic (exact) mass is 347 g/mol. The molecular weight excluding hydrogens is 318 g/mol. The molecule has 0 heterocycles. The van der Waals surface area contributed by atoms with E-state index < -0.39 is 6.04 Å². The number of rotatable bonds is 10. The summed E-state index contributed by atoms with van der Waals surface area (Å²) in [6.45, 7) is 5.21. The van der Waals surface area contributed by atoms with Crippen LogP contribution in [0.3, 0.4) is 0 Å². The number of hydrogen-bond acceptors (Lipinski definition) is 3. The van der Waals surface area contributed by atoms with Gasteiger partial charge in [0.1, 0.15) is 6.04 Å². The van der Waals surface area contributed by atoms with Gasteiger partial charge in [0.25, 0.3) is 0 Å². The summed E-state index contributed by atoms with van der Waals surface area (Å²) >= 11 is 0. The fourth-order valence-electron chi connectivity index (χ4n) is 2.33. The minimum absolute atomic E-state index is 0.0254. The topological polar surface area (TPSA) is 87.3 Å². The number of aryl methyl sites for hydroxylation is 1. The molecule has 0 aliphatic carbocycles. The van der Waals surface area contributed by atoms with Crippen molar-refractivity contribution in [3.63, 3.8) is 0 Å². The Hall–Kier alpha value is -2.37. The lowest BCUT2D eigenvalue weighted by Gasteiger charge is -2.14. The Morgan fingerprint density at radius 2 is 1.60 bits per heavy atom. The van der Waals surface area contributed by atoms with E-state index in [0.29, 0.717) is 6.42 Å². The van der Waals surface area contributed by atoms with Crippen LogP contribution in [0, 0.1) is 0 Å². The third-order valence-corrected chi connectivity index (χ3v) is 3.61. The number of nitrogens with one attached hydrogen (secondary N) is 3. The molecule has 6 nitrogen and oxygen atoms in total. The van der Waals surface area contributed by atoms with Crippen LogP contribution in [-0.4, -0.2) is 36.3 Å². The fourth-order valence-corrected chi connectivity index (χ4v) is 2.33. The van der Waals surface area contributed by atoms with Crippen LogP contribution in [0.2, 0.25) is 0 Å². The van der Waals surface area contributed by atoms with E-state index in [1.54, 1.807) is 6.92 Å². The number of carbonyl (C=O) groups is 3. The number of hydrogen-bond donors (Lipinski definition) is 3. The molecule has 0 unspecified atom stereocenters. The van der Waals surface area contributed by atoms with Crippen LogP contribution in [0.4, 0.5) is 0 Å². The first-order valence-electron chi connectivity index (χ1n) is 8.79. The van der Waals surface area contributed by atoms with Crippen molar-refractivity contribution < 1.29 is 14.4 Å². The molecule has 1 rings (SSSR count). The second kappa shape index (κ2) is 11.2. The third kappa shape index (κ3) is 9.49. The molecule has 0 radical (unpaired) electrons. The Balaban J connectivity index is 2.17. The van der Waals surface area contributed by atoms with E-state index in [9.17, 15) is 14.4 Å². The molecule has 0 bridgehead atoms. The largest absolute Gasteiger partial charge is 0.352 e. The van der Waals surface area contributed by atoms with Crippen molar-refractivity contribution in [2.24, 2.45) is 0 Å². The smallest absolute Gasteiger partial charge is 0.242 e. The summed E-state index contributed by atoms with van der Waals surface area (Å²) < 4.78 is 0. The van der Waals surface area contributed by atoms with Crippen LogP contribution >= 0.6 is 0 Å². The second-order valence-corrected chi connectivity index (χ2v) is 6.42. The lowest BCUT2D eigenvalue weighted by molar-refractivity contribution is -0.130. The van der Waals surface area contributed by atoms with Crippen molar-refractivity contribution in [3.05, 3.63) is 35.9 Å². The predicted octanol–water partition coefficient (Wildman–Crippen LogP) is 1.54. The van der Waals surface area contributed by atoms with Gasteiger partial charge in [-0.25, -0.2) is 0 Å². The van der Waals surface area contributed by atoms with Gasteiger partial charge in [-0.15, -0.1) is 0 Å². The first-order valence-corrected chi connectivity index (χ1v) is 8.79. The van der Waals surface area contributed by atoms with E-state index in [-0.39, 0.29) is 30.3 Å². The number of unbranched alkanes of at least 4 members (excludes halogenated alkanes) is 1. The maximum absolute atomic E-state index is 11.9. The second-order valence-electron chi connectivity index (χ2n) is 6.42. The summed E-state index contributed by atoms with van der Waals surface area (Å²) in [6, 6.07) is 9.50. The molecule has 3 N–H and O–H groups in total. The first kappa shape index (κ1) is 20.7. The predicted molar refractivity (Wildman–Crippen MR) is 97.9 cm³/mol. The normalized spacial score (nSPS) is 11.7. The minimum atomic E-state index is -0.659. The molecule has 0 saturated carbocycles. The van der Waals surface area contributed by atoms with Crippen molar-refractivity contribution in [3.8, 4) is 0 Å². The molecule has 0 aliphatic heterocycles. The van der Waals surface area contributed by atoms with Crippen LogP contribution in [0.15, 0.2) is 30.3 Å². The average Bonchev–Trinajstić information content (AvgIpc) is 2.57. The molecule has 1 atom stereocenters. The maximum Gasteiger partial charge on any atom is 0.242 e. The summed E-state index contributed by atoms with van der Waals surface area (Å²) in [5, 5.41) is 7.86. The van der Waals surface area contributed by atoms with Gasteiger partial charge >= 0.3 is 0 Å². The fraction of sp³-hybridized carbons (Fsp3) is 0.526. The molecule has 0 saturated heterocycles. The van der Waals surface area contributed by atoms with Crippen LogP contribution in [0.5, 0.6) is 0 Å². The van der Waals surface area contributed by atoms with Gasteiger partial charge in [-0.1, -0.05) is 30.3 Å². The van der Waals surface area contributed by atoms with E-state index in [1.165, 1.54) is 5.56 Å². The van der Waals surface area contributed by atoms with Gasteiger partial charge in [0, 0.05) is 12.5 Å². The zero-order chi connectivity index (χ0) is 18.7. The van der Waals surface area contributed by atoms with Crippen molar-refractivity contribution in [1.82, 2.24) is 16.0 Å². The van der Waals surface area contributed by atoms with Crippen LogP contribution < -0.4 is 16.0 Å². The summed E-state index contributed by atoms with van der Waals surface area (Å²) in [7, 11) is 0. The van der Waals surface area contributed by atoms with Gasteiger partial charge in [-0.2, -0.15) is 0 Å². The Kier molecular flexibility index (Phi) is 9.29. The quantitative estimate of drug-likeness (QED) is 0.561. The molecule has 0 spiro atoms. The van der Waals surface area contributed by atoms with Crippen LogP contribution in [0.1, 0.15) is 45.6 Å². The number of benzene rings is 1. The Bertz CT molecular complexity index is 558. The molecule has 0 aromatic heterocycles. The van der Waals surface area contributed by atoms with Crippen LogP contribution in [-0.2, 0) is 20.8 Å². The molecule has 25 heavy (non-hydrogen) atoms. The molecule has 0 aliphatic rings. The van der Waals surface area contributed by atoms with Gasteiger partial charge in [-0.3, -0.25) is 14.4 Å². The highest BCUT2D eigenvalue weighted by atomic mass is 16.2. The number of carbonyl (C=O) groups excluding carboxylic acids is 3. The molecule has 1 aromatic rings. The van der Waals surface area contributed by atoms with E-state index in [4.69, 9.17) is 0 Å². The highest BCUT2D eigenvalue weighted by Crippen LogP contribution is 2.06. The SMILES string of the molecule is CC(C)NC(=O)CNC(=O)[C@H](C)NC(=O)CCCCc1ccccc1. The zero-order valence-corrected chi connectivity index (χ0v) is 15.3. The first-order chi connectivity index (χ1) is 11.9. The molecule has 1 aromatic carbocycles. The summed E-state index contributed by atoms with van der Waals surface area (Å²) in [4.78, 5) is 35.2. The summed E-state index contributed by atoms with van der Waals surface area (Å²) in [5.41, 5.74) is 1.26. The minimum Gasteiger partial charge on any atom is -0.352 e. The van der Waals surface area contributed by atoms with Gasteiger partial charge in [-0.05, 0) is 45.6 Å². The van der Waals surface area contributed by atoms with Crippen LogP contribution in [0.25, 0.3) is 0 Å². The Labute approximate surface area is 149 Å². The van der Waals surface area contributed by atoms with E-state index >= 15 is 0 Å². The standard InChI is InChI=1S/C19H29N3O3/c1-14(2)21-18(24)13-20-19(25)15(3)22-17(23)12-8-7-11-16-9-5-4-6-10-16/h4-6,9-10,14-15H,7-8,11-13H2,1-3H3,(H,20,25)(H,21,24)(H,22,23)/t15-/m0/s1. The van der Waals surface area contributed by atoms with Gasteiger partial charge in [0.05, 0.1) is 6.54 Å². The molecule has 0 fully saturated rings. The summed E-state index contributed by atoms with van der Waals surface area (Å²) in [6.07, 6.45) is 3.02. The highest BCUT2D eigenvalue weighted by molar-refractivity contribution is 5.90. The zero-order valence-electron chi connectivity index (χ0n) is 15.3. The average molecular weight is 347 g/mol. The van der Waals surface area contributed by atoms with Gasteiger partial charge < -0.3 is 16.0 Å². The van der Waals surface area contributed by atoms with Crippen molar-refractivity contribution in [2.75, 3.05) is 6.54 Å². The number of amides is 3. The Morgan fingerprint density at radius 1 is 0.920 bits per heavy atom. The molecular formula is C19H29N3O3. The van der Waals surface area contributed by atoms with Gasteiger partial charge in [0.2, 0.25) is 17.7 Å². The van der Waals surface area contributed by atoms with E-state index in [0.717, 1.165) is 19.3 Å². The van der Waals surface area contributed by atoms with Crippen molar-refractivity contribution >= 4 is 17.7 Å².